The van der Waals surface area contributed by atoms with Crippen molar-refractivity contribution in [1.82, 2.24) is 10.2 Å². The molecule has 0 radical (unpaired) electrons. The summed E-state index contributed by atoms with van der Waals surface area (Å²) in [6.07, 6.45) is 1.17. The lowest BCUT2D eigenvalue weighted by Crippen LogP contribution is -2.46. The van der Waals surface area contributed by atoms with Crippen molar-refractivity contribution in [3.63, 3.8) is 0 Å². The minimum Gasteiger partial charge on any atom is -0.453 e. The number of carbonyl (C=O) groups excluding carboxylic acids is 2. The molecule has 0 aliphatic carbocycles. The van der Waals surface area contributed by atoms with Crippen molar-refractivity contribution in [3.05, 3.63) is 60.2 Å². The highest BCUT2D eigenvalue weighted by Crippen LogP contribution is 2.20. The number of methoxy groups -OCH3 is 1. The van der Waals surface area contributed by atoms with Crippen molar-refractivity contribution in [2.24, 2.45) is 0 Å². The maximum atomic E-state index is 12.6. The SMILES string of the molecule is COC(=O)N1CCC(NC(=O)c2cccc(-c3ccccc3)c2)CC1. The van der Waals surface area contributed by atoms with Crippen LogP contribution in [-0.2, 0) is 4.74 Å². The highest BCUT2D eigenvalue weighted by Gasteiger charge is 2.24. The van der Waals surface area contributed by atoms with Crippen LogP contribution in [0.4, 0.5) is 4.79 Å². The lowest BCUT2D eigenvalue weighted by atomic mass is 10.0. The van der Waals surface area contributed by atoms with E-state index in [0.29, 0.717) is 18.7 Å². The Balaban J connectivity index is 1.62. The fourth-order valence-electron chi connectivity index (χ4n) is 3.07. The normalized spacial score (nSPS) is 14.8. The summed E-state index contributed by atoms with van der Waals surface area (Å²) in [6.45, 7) is 1.20. The van der Waals surface area contributed by atoms with E-state index in [-0.39, 0.29) is 18.0 Å². The minimum absolute atomic E-state index is 0.0747. The fraction of sp³-hybridized carbons (Fsp3) is 0.300. The second kappa shape index (κ2) is 7.83. The van der Waals surface area contributed by atoms with Gasteiger partial charge in [0.15, 0.2) is 0 Å². The monoisotopic (exact) mass is 338 g/mol. The van der Waals surface area contributed by atoms with Gasteiger partial charge in [-0.15, -0.1) is 0 Å². The van der Waals surface area contributed by atoms with Gasteiger partial charge in [-0.2, -0.15) is 0 Å². The number of rotatable bonds is 3. The summed E-state index contributed by atoms with van der Waals surface area (Å²) in [4.78, 5) is 25.7. The topological polar surface area (TPSA) is 58.6 Å². The summed E-state index contributed by atoms with van der Waals surface area (Å²) in [5, 5.41) is 3.07. The van der Waals surface area contributed by atoms with Crippen molar-refractivity contribution in [3.8, 4) is 11.1 Å². The van der Waals surface area contributed by atoms with Crippen LogP contribution in [0.3, 0.4) is 0 Å². The van der Waals surface area contributed by atoms with Gasteiger partial charge in [-0.25, -0.2) is 4.79 Å². The average molecular weight is 338 g/mol. The third-order valence-corrected chi connectivity index (χ3v) is 4.49. The molecule has 0 unspecified atom stereocenters. The molecular formula is C20H22N2O3. The Kier molecular flexibility index (Phi) is 5.33. The number of hydrogen-bond donors (Lipinski definition) is 1. The summed E-state index contributed by atoms with van der Waals surface area (Å²) < 4.78 is 4.73. The molecule has 1 aliphatic heterocycles. The first-order chi connectivity index (χ1) is 12.2. The van der Waals surface area contributed by atoms with Crippen molar-refractivity contribution in [2.45, 2.75) is 18.9 Å². The molecule has 1 heterocycles. The van der Waals surface area contributed by atoms with Crippen LogP contribution >= 0.6 is 0 Å². The Hall–Kier alpha value is -2.82. The van der Waals surface area contributed by atoms with Gasteiger partial charge in [0, 0.05) is 24.7 Å². The van der Waals surface area contributed by atoms with Crippen LogP contribution in [0.5, 0.6) is 0 Å². The first-order valence-corrected chi connectivity index (χ1v) is 8.46. The van der Waals surface area contributed by atoms with E-state index in [9.17, 15) is 9.59 Å². The quantitative estimate of drug-likeness (QED) is 0.934. The van der Waals surface area contributed by atoms with Crippen molar-refractivity contribution in [1.29, 1.82) is 0 Å². The Morgan fingerprint density at radius 1 is 1.00 bits per heavy atom. The van der Waals surface area contributed by atoms with Gasteiger partial charge in [-0.1, -0.05) is 42.5 Å². The lowest BCUT2D eigenvalue weighted by Gasteiger charge is -2.31. The van der Waals surface area contributed by atoms with Crippen LogP contribution in [0, 0.1) is 0 Å². The standard InChI is InChI=1S/C20H22N2O3/c1-25-20(24)22-12-10-18(11-13-22)21-19(23)17-9-5-8-16(14-17)15-6-3-2-4-7-15/h2-9,14,18H,10-13H2,1H3,(H,21,23). The van der Waals surface area contributed by atoms with Gasteiger partial charge in [0.05, 0.1) is 7.11 Å². The zero-order chi connectivity index (χ0) is 17.6. The molecule has 130 valence electrons. The van der Waals surface area contributed by atoms with Crippen LogP contribution in [0.1, 0.15) is 23.2 Å². The summed E-state index contributed by atoms with van der Waals surface area (Å²) in [5.41, 5.74) is 2.76. The number of benzene rings is 2. The van der Waals surface area contributed by atoms with Crippen molar-refractivity contribution in [2.75, 3.05) is 20.2 Å². The number of ether oxygens (including phenoxy) is 1. The number of piperidine rings is 1. The molecule has 25 heavy (non-hydrogen) atoms. The summed E-state index contributed by atoms with van der Waals surface area (Å²) >= 11 is 0. The molecule has 1 saturated heterocycles. The van der Waals surface area contributed by atoms with E-state index in [0.717, 1.165) is 24.0 Å². The second-order valence-corrected chi connectivity index (χ2v) is 6.15. The van der Waals surface area contributed by atoms with E-state index in [1.165, 1.54) is 7.11 Å². The Bertz CT molecular complexity index is 738. The van der Waals surface area contributed by atoms with Gasteiger partial charge in [0.1, 0.15) is 0 Å². The summed E-state index contributed by atoms with van der Waals surface area (Å²) in [6, 6.07) is 17.7. The van der Waals surface area contributed by atoms with Crippen LogP contribution in [-0.4, -0.2) is 43.1 Å². The van der Waals surface area contributed by atoms with E-state index in [4.69, 9.17) is 4.74 Å². The van der Waals surface area contributed by atoms with E-state index in [1.54, 1.807) is 4.90 Å². The molecule has 2 aromatic rings. The highest BCUT2D eigenvalue weighted by atomic mass is 16.5. The van der Waals surface area contributed by atoms with Crippen molar-refractivity contribution >= 4 is 12.0 Å². The first-order valence-electron chi connectivity index (χ1n) is 8.46. The molecule has 2 amide bonds. The molecule has 1 aliphatic rings. The zero-order valence-corrected chi connectivity index (χ0v) is 14.3. The predicted octanol–water partition coefficient (Wildman–Crippen LogP) is 3.31. The third-order valence-electron chi connectivity index (χ3n) is 4.49. The predicted molar refractivity (Wildman–Crippen MR) is 96.3 cm³/mol. The molecule has 0 atom stereocenters. The number of hydrogen-bond acceptors (Lipinski definition) is 3. The molecule has 0 spiro atoms. The lowest BCUT2D eigenvalue weighted by molar-refractivity contribution is 0.0892. The number of nitrogens with one attached hydrogen (secondary N) is 1. The van der Waals surface area contributed by atoms with Crippen LogP contribution < -0.4 is 5.32 Å². The van der Waals surface area contributed by atoms with Crippen LogP contribution in [0.2, 0.25) is 0 Å². The smallest absolute Gasteiger partial charge is 0.409 e. The highest BCUT2D eigenvalue weighted by molar-refractivity contribution is 5.95. The Morgan fingerprint density at radius 3 is 2.36 bits per heavy atom. The molecule has 2 aromatic carbocycles. The minimum atomic E-state index is -0.305. The maximum Gasteiger partial charge on any atom is 0.409 e. The maximum absolute atomic E-state index is 12.6. The van der Waals surface area contributed by atoms with Gasteiger partial charge in [-0.3, -0.25) is 4.79 Å². The molecule has 0 bridgehead atoms. The molecule has 1 N–H and O–H groups in total. The number of nitrogens with zero attached hydrogens (tertiary/aromatic N) is 1. The molecule has 0 saturated carbocycles. The van der Waals surface area contributed by atoms with E-state index in [1.807, 2.05) is 54.6 Å². The zero-order valence-electron chi connectivity index (χ0n) is 14.3. The van der Waals surface area contributed by atoms with E-state index in [2.05, 4.69) is 5.32 Å². The van der Waals surface area contributed by atoms with Gasteiger partial charge >= 0.3 is 6.09 Å². The number of carbonyl (C=O) groups is 2. The summed E-state index contributed by atoms with van der Waals surface area (Å²) in [7, 11) is 1.38. The Morgan fingerprint density at radius 2 is 1.68 bits per heavy atom. The van der Waals surface area contributed by atoms with Crippen LogP contribution in [0.15, 0.2) is 54.6 Å². The molecule has 5 heteroatoms. The number of amides is 2. The fourth-order valence-corrected chi connectivity index (χ4v) is 3.07. The average Bonchev–Trinajstić information content (AvgIpc) is 2.68. The summed E-state index contributed by atoms with van der Waals surface area (Å²) in [5.74, 6) is -0.0747. The van der Waals surface area contributed by atoms with Gasteiger partial charge in [0.25, 0.3) is 5.91 Å². The van der Waals surface area contributed by atoms with Crippen molar-refractivity contribution < 1.29 is 14.3 Å². The third kappa shape index (κ3) is 4.18. The van der Waals surface area contributed by atoms with Gasteiger partial charge < -0.3 is 15.0 Å². The number of likely N-dealkylation sites (tertiary alicyclic amines) is 1. The van der Waals surface area contributed by atoms with Gasteiger partial charge in [0.2, 0.25) is 0 Å². The molecular weight excluding hydrogens is 316 g/mol. The molecule has 0 aromatic heterocycles. The Labute approximate surface area is 147 Å². The van der Waals surface area contributed by atoms with E-state index < -0.39 is 0 Å². The molecule has 1 fully saturated rings. The van der Waals surface area contributed by atoms with E-state index >= 15 is 0 Å². The second-order valence-electron chi connectivity index (χ2n) is 6.15. The molecule has 3 rings (SSSR count). The largest absolute Gasteiger partial charge is 0.453 e. The first kappa shape index (κ1) is 17.0. The van der Waals surface area contributed by atoms with Crippen LogP contribution in [0.25, 0.3) is 11.1 Å². The molecule has 5 nitrogen and oxygen atoms in total. The van der Waals surface area contributed by atoms with Gasteiger partial charge in [-0.05, 0) is 36.1 Å².